The molecule has 0 aliphatic carbocycles. The number of hydrogen-bond acceptors (Lipinski definition) is 3. The molecular formula is C16H19N3O2. The summed E-state index contributed by atoms with van der Waals surface area (Å²) >= 11 is 0. The van der Waals surface area contributed by atoms with E-state index in [4.69, 9.17) is 4.74 Å². The maximum atomic E-state index is 12.1. The molecule has 0 saturated carbocycles. The van der Waals surface area contributed by atoms with Gasteiger partial charge in [-0.3, -0.25) is 4.79 Å². The van der Waals surface area contributed by atoms with Crippen LogP contribution in [0.1, 0.15) is 34.4 Å². The molecule has 2 aromatic rings. The van der Waals surface area contributed by atoms with Gasteiger partial charge >= 0.3 is 0 Å². The Morgan fingerprint density at radius 1 is 1.33 bits per heavy atom. The Labute approximate surface area is 124 Å². The Morgan fingerprint density at radius 2 is 2.10 bits per heavy atom. The number of rotatable bonds is 4. The molecule has 0 bridgehead atoms. The van der Waals surface area contributed by atoms with Crippen LogP contribution in [0.2, 0.25) is 0 Å². The second-order valence-electron chi connectivity index (χ2n) is 5.14. The van der Waals surface area contributed by atoms with Crippen LogP contribution in [0, 0.1) is 0 Å². The lowest BCUT2D eigenvalue weighted by molar-refractivity contribution is 0.0816. The van der Waals surface area contributed by atoms with Crippen molar-refractivity contribution in [2.45, 2.75) is 33.0 Å². The lowest BCUT2D eigenvalue weighted by Gasteiger charge is -2.13. The van der Waals surface area contributed by atoms with E-state index < -0.39 is 0 Å². The first kappa shape index (κ1) is 13.8. The van der Waals surface area contributed by atoms with E-state index in [-0.39, 0.29) is 5.91 Å². The molecule has 5 nitrogen and oxygen atoms in total. The van der Waals surface area contributed by atoms with E-state index >= 15 is 0 Å². The molecule has 0 fully saturated rings. The molecule has 1 aliphatic rings. The first-order valence-corrected chi connectivity index (χ1v) is 7.26. The molecule has 1 aromatic carbocycles. The first-order valence-electron chi connectivity index (χ1n) is 7.26. The fraction of sp³-hybridized carbons (Fsp3) is 0.375. The van der Waals surface area contributed by atoms with Crippen LogP contribution in [0.3, 0.4) is 0 Å². The smallest absolute Gasteiger partial charge is 0.271 e. The largest absolute Gasteiger partial charge is 0.372 e. The molecule has 1 aliphatic heterocycles. The minimum absolute atomic E-state index is 0.142. The van der Waals surface area contributed by atoms with Crippen molar-refractivity contribution in [2.75, 3.05) is 6.61 Å². The number of amides is 1. The SMILES string of the molecule is CCc1ccc(CNC(=O)c2cn3c(n2)COCC3)cc1. The van der Waals surface area contributed by atoms with Crippen LogP contribution in [-0.2, 0) is 30.9 Å². The molecule has 0 radical (unpaired) electrons. The van der Waals surface area contributed by atoms with Gasteiger partial charge in [-0.25, -0.2) is 4.98 Å². The molecule has 0 unspecified atom stereocenters. The summed E-state index contributed by atoms with van der Waals surface area (Å²) in [7, 11) is 0. The minimum Gasteiger partial charge on any atom is -0.372 e. The van der Waals surface area contributed by atoms with Gasteiger partial charge in [0.05, 0.1) is 6.61 Å². The van der Waals surface area contributed by atoms with Crippen molar-refractivity contribution in [2.24, 2.45) is 0 Å². The van der Waals surface area contributed by atoms with Crippen molar-refractivity contribution in [1.82, 2.24) is 14.9 Å². The van der Waals surface area contributed by atoms with Gasteiger partial charge in [0.15, 0.2) is 0 Å². The van der Waals surface area contributed by atoms with Gasteiger partial charge in [0, 0.05) is 19.3 Å². The third-order valence-corrected chi connectivity index (χ3v) is 3.68. The van der Waals surface area contributed by atoms with Gasteiger partial charge in [-0.1, -0.05) is 31.2 Å². The number of ether oxygens (including phenoxy) is 1. The molecule has 110 valence electrons. The quantitative estimate of drug-likeness (QED) is 0.933. The highest BCUT2D eigenvalue weighted by atomic mass is 16.5. The summed E-state index contributed by atoms with van der Waals surface area (Å²) in [6.45, 7) is 4.55. The van der Waals surface area contributed by atoms with E-state index in [1.54, 1.807) is 6.20 Å². The second kappa shape index (κ2) is 6.10. The van der Waals surface area contributed by atoms with Gasteiger partial charge in [0.25, 0.3) is 5.91 Å². The van der Waals surface area contributed by atoms with Crippen LogP contribution in [0.5, 0.6) is 0 Å². The Bertz CT molecular complexity index is 608. The zero-order chi connectivity index (χ0) is 14.7. The normalized spacial score (nSPS) is 13.8. The average Bonchev–Trinajstić information content (AvgIpc) is 2.97. The van der Waals surface area contributed by atoms with E-state index in [1.807, 2.05) is 16.7 Å². The number of nitrogens with one attached hydrogen (secondary N) is 1. The third-order valence-electron chi connectivity index (χ3n) is 3.68. The lowest BCUT2D eigenvalue weighted by Crippen LogP contribution is -2.23. The predicted molar refractivity (Wildman–Crippen MR) is 78.9 cm³/mol. The molecule has 21 heavy (non-hydrogen) atoms. The van der Waals surface area contributed by atoms with Crippen LogP contribution in [0.25, 0.3) is 0 Å². The minimum atomic E-state index is -0.142. The highest BCUT2D eigenvalue weighted by Gasteiger charge is 2.16. The van der Waals surface area contributed by atoms with Crippen molar-refractivity contribution < 1.29 is 9.53 Å². The van der Waals surface area contributed by atoms with E-state index in [1.165, 1.54) is 5.56 Å². The number of imidazole rings is 1. The summed E-state index contributed by atoms with van der Waals surface area (Å²) in [4.78, 5) is 16.4. The summed E-state index contributed by atoms with van der Waals surface area (Å²) in [6.07, 6.45) is 2.82. The van der Waals surface area contributed by atoms with Crippen molar-refractivity contribution in [3.8, 4) is 0 Å². The fourth-order valence-corrected chi connectivity index (χ4v) is 2.36. The topological polar surface area (TPSA) is 56.2 Å². The highest BCUT2D eigenvalue weighted by Crippen LogP contribution is 2.10. The van der Waals surface area contributed by atoms with E-state index in [0.29, 0.717) is 25.5 Å². The van der Waals surface area contributed by atoms with E-state index in [2.05, 4.69) is 29.4 Å². The molecule has 2 heterocycles. The number of aryl methyl sites for hydroxylation is 1. The van der Waals surface area contributed by atoms with Crippen LogP contribution >= 0.6 is 0 Å². The van der Waals surface area contributed by atoms with Gasteiger partial charge < -0.3 is 14.6 Å². The van der Waals surface area contributed by atoms with Crippen LogP contribution in [-0.4, -0.2) is 22.1 Å². The number of benzene rings is 1. The van der Waals surface area contributed by atoms with Gasteiger partial charge in [0.1, 0.15) is 18.1 Å². The summed E-state index contributed by atoms with van der Waals surface area (Å²) < 4.78 is 7.31. The van der Waals surface area contributed by atoms with Gasteiger partial charge in [-0.2, -0.15) is 0 Å². The number of aromatic nitrogens is 2. The van der Waals surface area contributed by atoms with Crippen molar-refractivity contribution in [3.05, 3.63) is 53.1 Å². The van der Waals surface area contributed by atoms with Crippen LogP contribution < -0.4 is 5.32 Å². The first-order chi connectivity index (χ1) is 10.3. The van der Waals surface area contributed by atoms with Gasteiger partial charge in [-0.15, -0.1) is 0 Å². The zero-order valence-electron chi connectivity index (χ0n) is 12.1. The highest BCUT2D eigenvalue weighted by molar-refractivity contribution is 5.92. The van der Waals surface area contributed by atoms with E-state index in [0.717, 1.165) is 24.4 Å². The molecule has 1 N–H and O–H groups in total. The standard InChI is InChI=1S/C16H19N3O2/c1-2-12-3-5-13(6-4-12)9-17-16(20)14-10-19-7-8-21-11-15(19)18-14/h3-6,10H,2,7-9,11H2,1H3,(H,17,20). The zero-order valence-corrected chi connectivity index (χ0v) is 12.1. The van der Waals surface area contributed by atoms with Crippen molar-refractivity contribution >= 4 is 5.91 Å². The average molecular weight is 285 g/mol. The summed E-state index contributed by atoms with van der Waals surface area (Å²) in [5.74, 6) is 0.676. The maximum absolute atomic E-state index is 12.1. The van der Waals surface area contributed by atoms with E-state index in [9.17, 15) is 4.79 Å². The Balaban J connectivity index is 1.61. The third kappa shape index (κ3) is 3.13. The Hall–Kier alpha value is -2.14. The molecule has 0 atom stereocenters. The fourth-order valence-electron chi connectivity index (χ4n) is 2.36. The van der Waals surface area contributed by atoms with Gasteiger partial charge in [0.2, 0.25) is 0 Å². The van der Waals surface area contributed by atoms with Gasteiger partial charge in [-0.05, 0) is 17.5 Å². The lowest BCUT2D eigenvalue weighted by atomic mass is 10.1. The monoisotopic (exact) mass is 285 g/mol. The number of fused-ring (bicyclic) bond motifs is 1. The Kier molecular flexibility index (Phi) is 4.01. The Morgan fingerprint density at radius 3 is 2.81 bits per heavy atom. The second-order valence-corrected chi connectivity index (χ2v) is 5.14. The van der Waals surface area contributed by atoms with Crippen LogP contribution in [0.4, 0.5) is 0 Å². The van der Waals surface area contributed by atoms with Crippen molar-refractivity contribution in [3.63, 3.8) is 0 Å². The number of nitrogens with zero attached hydrogens (tertiary/aromatic N) is 2. The summed E-state index contributed by atoms with van der Waals surface area (Å²) in [5, 5.41) is 2.91. The molecule has 5 heteroatoms. The molecule has 0 saturated heterocycles. The molecule has 1 amide bonds. The molecule has 1 aromatic heterocycles. The maximum Gasteiger partial charge on any atom is 0.271 e. The number of carbonyl (C=O) groups is 1. The molecular weight excluding hydrogens is 266 g/mol. The predicted octanol–water partition coefficient (Wildman–Crippen LogP) is 1.91. The summed E-state index contributed by atoms with van der Waals surface area (Å²) in [5.41, 5.74) is 2.85. The number of carbonyl (C=O) groups excluding carboxylic acids is 1. The van der Waals surface area contributed by atoms with Crippen molar-refractivity contribution in [1.29, 1.82) is 0 Å². The number of hydrogen-bond donors (Lipinski definition) is 1. The summed E-state index contributed by atoms with van der Waals surface area (Å²) in [6, 6.07) is 8.28. The molecule has 3 rings (SSSR count). The van der Waals surface area contributed by atoms with Crippen LogP contribution in [0.15, 0.2) is 30.5 Å². The molecule has 0 spiro atoms.